The Labute approximate surface area is 237 Å². The molecule has 0 spiro atoms. The first-order chi connectivity index (χ1) is 19.2. The summed E-state index contributed by atoms with van der Waals surface area (Å²) >= 11 is 1.20. The lowest BCUT2D eigenvalue weighted by molar-refractivity contribution is -0.124. The van der Waals surface area contributed by atoms with Crippen molar-refractivity contribution >= 4 is 39.3 Å². The standard InChI is InChI=1S/C31H30N2O6S/c1-31(2)13-20-28(21(34)14-31)27(18-11-25(36-3)29(38-5)26(12-18)37-4)19(15-32)30(33-20)40-16-22(35)24-10-17-8-6-7-9-23(17)39-24/h6-13,19,27-28H,14,16H2,1-5H3/t19?,27-,28+/m0/s1. The van der Waals surface area contributed by atoms with E-state index in [9.17, 15) is 14.9 Å². The number of rotatable bonds is 7. The van der Waals surface area contributed by atoms with E-state index in [1.807, 2.05) is 44.2 Å². The Kier molecular flexibility index (Phi) is 7.47. The Morgan fingerprint density at radius 2 is 1.82 bits per heavy atom. The van der Waals surface area contributed by atoms with Gasteiger partial charge in [0.1, 0.15) is 17.3 Å². The van der Waals surface area contributed by atoms with Crippen molar-refractivity contribution in [2.24, 2.45) is 22.2 Å². The number of fused-ring (bicyclic) bond motifs is 2. The predicted octanol–water partition coefficient (Wildman–Crippen LogP) is 6.21. The van der Waals surface area contributed by atoms with Gasteiger partial charge in [0.2, 0.25) is 11.5 Å². The Morgan fingerprint density at radius 1 is 1.12 bits per heavy atom. The number of ether oxygens (including phenoxy) is 3. The monoisotopic (exact) mass is 558 g/mol. The molecule has 1 aliphatic carbocycles. The SMILES string of the molecule is COc1cc([C@H]2C(C#N)C(SCC(=O)c3cc4ccccc4o3)=NC3=CC(C)(C)CC(=O)[C@@H]32)cc(OC)c1OC. The fraction of sp³-hybridized carbons (Fsp3) is 0.355. The second-order valence-corrected chi connectivity index (χ2v) is 11.6. The van der Waals surface area contributed by atoms with Crippen LogP contribution in [0, 0.1) is 28.6 Å². The first-order valence-electron chi connectivity index (χ1n) is 12.9. The molecule has 1 aliphatic heterocycles. The van der Waals surface area contributed by atoms with E-state index in [1.54, 1.807) is 18.2 Å². The Balaban J connectivity index is 1.55. The fourth-order valence-corrected chi connectivity index (χ4v) is 6.53. The van der Waals surface area contributed by atoms with E-state index < -0.39 is 17.8 Å². The van der Waals surface area contributed by atoms with Crippen molar-refractivity contribution in [3.05, 3.63) is 65.6 Å². The Bertz CT molecular complexity index is 1540. The molecule has 1 unspecified atom stereocenters. The molecule has 3 aromatic rings. The number of nitrogens with zero attached hydrogens (tertiary/aromatic N) is 2. The lowest BCUT2D eigenvalue weighted by Gasteiger charge is -2.40. The number of allylic oxidation sites excluding steroid dienone is 2. The van der Waals surface area contributed by atoms with Gasteiger partial charge < -0.3 is 18.6 Å². The molecule has 5 rings (SSSR count). The van der Waals surface area contributed by atoms with Crippen LogP contribution in [0.3, 0.4) is 0 Å². The topological polar surface area (TPSA) is 111 Å². The van der Waals surface area contributed by atoms with Gasteiger partial charge in [-0.25, -0.2) is 4.99 Å². The van der Waals surface area contributed by atoms with Crippen LogP contribution >= 0.6 is 11.8 Å². The highest BCUT2D eigenvalue weighted by Gasteiger charge is 2.48. The van der Waals surface area contributed by atoms with Gasteiger partial charge in [-0.15, -0.1) is 11.8 Å². The minimum atomic E-state index is -0.774. The summed E-state index contributed by atoms with van der Waals surface area (Å²) < 4.78 is 22.4. The molecule has 0 saturated carbocycles. The van der Waals surface area contributed by atoms with Crippen molar-refractivity contribution in [2.45, 2.75) is 26.2 Å². The maximum atomic E-state index is 13.6. The molecule has 8 nitrogen and oxygen atoms in total. The van der Waals surface area contributed by atoms with Gasteiger partial charge in [0, 0.05) is 23.4 Å². The Hall–Kier alpha value is -4.03. The number of Topliss-reactive ketones (excluding diaryl/α,β-unsaturated/α-hetero) is 2. The van der Waals surface area contributed by atoms with Crippen LogP contribution < -0.4 is 14.2 Å². The molecule has 0 saturated heterocycles. The van der Waals surface area contributed by atoms with E-state index in [2.05, 4.69) is 6.07 Å². The minimum absolute atomic E-state index is 0.0210. The number of para-hydroxylation sites is 1. The van der Waals surface area contributed by atoms with Gasteiger partial charge in [-0.1, -0.05) is 38.1 Å². The molecule has 9 heteroatoms. The third-order valence-corrected chi connectivity index (χ3v) is 8.37. The van der Waals surface area contributed by atoms with E-state index in [-0.39, 0.29) is 28.5 Å². The van der Waals surface area contributed by atoms with Gasteiger partial charge >= 0.3 is 0 Å². The van der Waals surface area contributed by atoms with Crippen LogP contribution in [0.25, 0.3) is 11.0 Å². The number of furan rings is 1. The molecular weight excluding hydrogens is 528 g/mol. The van der Waals surface area contributed by atoms with Crippen molar-refractivity contribution in [2.75, 3.05) is 27.1 Å². The van der Waals surface area contributed by atoms with Gasteiger partial charge in [0.25, 0.3) is 0 Å². The van der Waals surface area contributed by atoms with Crippen LogP contribution in [0.2, 0.25) is 0 Å². The highest BCUT2D eigenvalue weighted by Crippen LogP contribution is 2.51. The van der Waals surface area contributed by atoms with Crippen molar-refractivity contribution in [3.8, 4) is 23.3 Å². The molecule has 40 heavy (non-hydrogen) atoms. The van der Waals surface area contributed by atoms with Gasteiger partial charge in [-0.3, -0.25) is 9.59 Å². The number of nitriles is 1. The zero-order valence-corrected chi connectivity index (χ0v) is 23.8. The average molecular weight is 559 g/mol. The van der Waals surface area contributed by atoms with E-state index >= 15 is 0 Å². The molecule has 0 fully saturated rings. The summed E-state index contributed by atoms with van der Waals surface area (Å²) in [5, 5.41) is 11.8. The van der Waals surface area contributed by atoms with Crippen LogP contribution in [-0.2, 0) is 4.79 Å². The predicted molar refractivity (Wildman–Crippen MR) is 153 cm³/mol. The summed E-state index contributed by atoms with van der Waals surface area (Å²) in [5.74, 6) is -0.564. The first kappa shape index (κ1) is 27.5. The van der Waals surface area contributed by atoms with E-state index in [0.717, 1.165) is 5.39 Å². The molecule has 2 aliphatic rings. The second kappa shape index (κ2) is 10.9. The molecule has 0 amide bonds. The van der Waals surface area contributed by atoms with E-state index in [4.69, 9.17) is 23.6 Å². The van der Waals surface area contributed by atoms with E-state index in [1.165, 1.54) is 33.1 Å². The van der Waals surface area contributed by atoms with Crippen LogP contribution in [0.4, 0.5) is 0 Å². The summed E-state index contributed by atoms with van der Waals surface area (Å²) in [5.41, 5.74) is 1.57. The largest absolute Gasteiger partial charge is 0.493 e. The van der Waals surface area contributed by atoms with Crippen molar-refractivity contribution in [1.82, 2.24) is 0 Å². The van der Waals surface area contributed by atoms with Crippen LogP contribution in [0.1, 0.15) is 42.3 Å². The molecule has 0 N–H and O–H groups in total. The molecule has 3 atom stereocenters. The highest BCUT2D eigenvalue weighted by atomic mass is 32.2. The minimum Gasteiger partial charge on any atom is -0.493 e. The van der Waals surface area contributed by atoms with Crippen LogP contribution in [0.15, 0.2) is 63.6 Å². The smallest absolute Gasteiger partial charge is 0.208 e. The number of benzene rings is 2. The van der Waals surface area contributed by atoms with Gasteiger partial charge in [-0.05, 0) is 35.2 Å². The van der Waals surface area contributed by atoms with Gasteiger partial charge in [0.05, 0.1) is 44.1 Å². The molecule has 2 heterocycles. The number of methoxy groups -OCH3 is 3. The maximum absolute atomic E-state index is 13.6. The molecular formula is C31H30N2O6S. The first-order valence-corrected chi connectivity index (χ1v) is 13.9. The average Bonchev–Trinajstić information content (AvgIpc) is 3.38. The fourth-order valence-electron chi connectivity index (χ4n) is 5.56. The molecule has 1 aromatic heterocycles. The normalized spacial score (nSPS) is 21.6. The summed E-state index contributed by atoms with van der Waals surface area (Å²) in [4.78, 5) is 31.5. The number of hydrogen-bond acceptors (Lipinski definition) is 9. The third-order valence-electron chi connectivity index (χ3n) is 7.32. The summed E-state index contributed by atoms with van der Waals surface area (Å²) in [6.07, 6.45) is 2.35. The quantitative estimate of drug-likeness (QED) is 0.315. The molecule has 0 radical (unpaired) electrons. The summed E-state index contributed by atoms with van der Waals surface area (Å²) in [7, 11) is 4.57. The number of aliphatic imine (C=N–C) groups is 1. The molecule has 2 aromatic carbocycles. The number of hydrogen-bond donors (Lipinski definition) is 0. The second-order valence-electron chi connectivity index (χ2n) is 10.6. The number of carbonyl (C=O) groups is 2. The zero-order valence-electron chi connectivity index (χ0n) is 23.0. The maximum Gasteiger partial charge on any atom is 0.208 e. The van der Waals surface area contributed by atoms with Crippen molar-refractivity contribution in [1.29, 1.82) is 5.26 Å². The number of ketones is 2. The lowest BCUT2D eigenvalue weighted by Crippen LogP contribution is -2.40. The van der Waals surface area contributed by atoms with Gasteiger partial charge in [0.15, 0.2) is 17.3 Å². The molecule has 0 bridgehead atoms. The van der Waals surface area contributed by atoms with Crippen molar-refractivity contribution < 1.29 is 28.2 Å². The Morgan fingerprint density at radius 3 is 2.45 bits per heavy atom. The molecule has 206 valence electrons. The summed E-state index contributed by atoms with van der Waals surface area (Å²) in [6, 6.07) is 15.1. The third kappa shape index (κ3) is 5.00. The van der Waals surface area contributed by atoms with E-state index in [0.29, 0.717) is 45.6 Å². The van der Waals surface area contributed by atoms with Crippen LogP contribution in [0.5, 0.6) is 17.2 Å². The summed E-state index contributed by atoms with van der Waals surface area (Å²) in [6.45, 7) is 3.98. The number of carbonyl (C=O) groups excluding carboxylic acids is 2. The van der Waals surface area contributed by atoms with Gasteiger partial charge in [-0.2, -0.15) is 5.26 Å². The van der Waals surface area contributed by atoms with Crippen molar-refractivity contribution in [3.63, 3.8) is 0 Å². The zero-order chi connectivity index (χ0) is 28.6. The highest BCUT2D eigenvalue weighted by molar-refractivity contribution is 8.14. The number of thioether (sulfide) groups is 1. The lowest BCUT2D eigenvalue weighted by atomic mass is 9.66. The van der Waals surface area contributed by atoms with Crippen LogP contribution in [-0.4, -0.2) is 43.7 Å².